The third-order valence-electron chi connectivity index (χ3n) is 14.8. The lowest BCUT2D eigenvalue weighted by molar-refractivity contribution is -0.138. The molecule has 2 amide bonds. The van der Waals surface area contributed by atoms with Crippen molar-refractivity contribution in [3.05, 3.63) is 131 Å². The largest absolute Gasteiger partial charge is 0.496 e. The molecule has 9 rings (SSSR count). The van der Waals surface area contributed by atoms with Crippen molar-refractivity contribution in [2.24, 2.45) is 17.8 Å². The molecule has 3 fully saturated rings. The van der Waals surface area contributed by atoms with E-state index < -0.39 is 11.2 Å². The fourth-order valence-corrected chi connectivity index (χ4v) is 12.2. The number of amides is 2. The molecule has 0 spiro atoms. The number of hydrogen-bond donors (Lipinski definition) is 2. The van der Waals surface area contributed by atoms with E-state index >= 15 is 0 Å². The lowest BCUT2D eigenvalue weighted by Crippen LogP contribution is -2.43. The van der Waals surface area contributed by atoms with Crippen LogP contribution in [0.1, 0.15) is 102 Å². The number of halogens is 2. The zero-order chi connectivity index (χ0) is 50.6. The molecule has 72 heavy (non-hydrogen) atoms. The van der Waals surface area contributed by atoms with Gasteiger partial charge in [-0.1, -0.05) is 35.3 Å². The molecule has 2 N–H and O–H groups in total. The molecule has 1 atom stereocenters. The summed E-state index contributed by atoms with van der Waals surface area (Å²) < 4.78 is 13.5. The summed E-state index contributed by atoms with van der Waals surface area (Å²) in [6.07, 6.45) is 8.36. The molecule has 380 valence electrons. The number of ether oxygens (including phenoxy) is 2. The van der Waals surface area contributed by atoms with Crippen LogP contribution < -0.4 is 21.3 Å². The highest BCUT2D eigenvalue weighted by molar-refractivity contribution is 7.10. The number of nitrogens with one attached hydrogen (secondary N) is 2. The van der Waals surface area contributed by atoms with E-state index in [0.29, 0.717) is 60.2 Å². The number of H-pyrrole nitrogens is 1. The van der Waals surface area contributed by atoms with Gasteiger partial charge in [0.05, 0.1) is 29.4 Å². The van der Waals surface area contributed by atoms with Crippen molar-refractivity contribution in [2.45, 2.75) is 83.7 Å². The topological polar surface area (TPSA) is 155 Å². The highest BCUT2D eigenvalue weighted by Crippen LogP contribution is 2.44. The van der Waals surface area contributed by atoms with Gasteiger partial charge in [0.1, 0.15) is 17.4 Å². The molecule has 0 unspecified atom stereocenters. The SMILES string of the molecule is COc1cc2nc(C)nc(N[C@H](C)c3cc(-c4c(Cl)cccc4CN(C)C)cs3)c2cc1C1CCC(C(=O)N2CCC(COCC3CCN(C(=O)c4ccc(Cl)c(-n5ccc(=O)[nH]c5=O)c4)CC3)CC2)CC1. The Bertz CT molecular complexity index is 3040. The lowest BCUT2D eigenvalue weighted by atomic mass is 9.77. The number of aromatic nitrogens is 4. The minimum Gasteiger partial charge on any atom is -0.496 e. The van der Waals surface area contributed by atoms with Crippen molar-refractivity contribution in [3.8, 4) is 22.6 Å². The summed E-state index contributed by atoms with van der Waals surface area (Å²) in [5.74, 6) is 3.49. The van der Waals surface area contributed by atoms with Gasteiger partial charge in [-0.3, -0.25) is 23.9 Å². The van der Waals surface area contributed by atoms with E-state index in [2.05, 4.69) is 64.7 Å². The van der Waals surface area contributed by atoms with E-state index in [1.807, 2.05) is 30.0 Å². The molecule has 0 radical (unpaired) electrons. The van der Waals surface area contributed by atoms with Gasteiger partial charge in [-0.15, -0.1) is 11.3 Å². The standard InChI is InChI=1S/C55H64Cl2N8O6S/c1-33(49-26-41(32-72-49)51-40(29-62(3)4)7-6-8-45(51)57)58-52-43-27-42(48(70-5)28-46(43)59-34(2)60-52)37-9-11-38(12-10-37)53(67)63-20-15-35(16-21-63)30-71-31-36-17-22-64(23-18-36)54(68)39-13-14-44(56)47(25-39)65-24-19-50(66)61-55(65)69/h6-8,13-14,19,24-28,32-33,35-38H,9-12,15-18,20-23,29-31H2,1-5H3,(H,58,59,60)(H,61,66,69)/t33-,37?,38?/m1/s1. The fraction of sp³-hybridized carbons (Fsp3) is 0.455. The molecule has 5 heterocycles. The number of aryl methyl sites for hydroxylation is 1. The van der Waals surface area contributed by atoms with Gasteiger partial charge in [-0.25, -0.2) is 14.8 Å². The minimum atomic E-state index is -0.627. The molecule has 3 aromatic heterocycles. The molecule has 3 aromatic carbocycles. The number of piperidine rings is 2. The summed E-state index contributed by atoms with van der Waals surface area (Å²) in [5, 5.41) is 7.92. The molecule has 0 bridgehead atoms. The lowest BCUT2D eigenvalue weighted by Gasteiger charge is -2.37. The molecular formula is C55H64Cl2N8O6S. The zero-order valence-corrected chi connectivity index (χ0v) is 44.0. The number of rotatable bonds is 15. The third-order valence-corrected chi connectivity index (χ3v) is 16.5. The number of likely N-dealkylation sites (tertiary alicyclic amines) is 2. The first-order chi connectivity index (χ1) is 34.7. The van der Waals surface area contributed by atoms with Crippen LogP contribution in [0.25, 0.3) is 27.7 Å². The molecular weight excluding hydrogens is 972 g/mol. The molecule has 17 heteroatoms. The number of nitrogens with zero attached hydrogens (tertiary/aromatic N) is 6. The van der Waals surface area contributed by atoms with Gasteiger partial charge in [-0.2, -0.15) is 0 Å². The van der Waals surface area contributed by atoms with Gasteiger partial charge < -0.3 is 29.5 Å². The summed E-state index contributed by atoms with van der Waals surface area (Å²) in [6.45, 7) is 8.94. The summed E-state index contributed by atoms with van der Waals surface area (Å²) in [4.78, 5) is 70.6. The zero-order valence-electron chi connectivity index (χ0n) is 41.7. The Morgan fingerprint density at radius 1 is 0.875 bits per heavy atom. The predicted octanol–water partition coefficient (Wildman–Crippen LogP) is 10.1. The second kappa shape index (κ2) is 22.7. The van der Waals surface area contributed by atoms with Crippen molar-refractivity contribution in [3.63, 3.8) is 0 Å². The molecule has 2 aliphatic heterocycles. The Labute approximate surface area is 434 Å². The van der Waals surface area contributed by atoms with Gasteiger partial charge in [0.25, 0.3) is 11.5 Å². The van der Waals surface area contributed by atoms with Crippen LogP contribution >= 0.6 is 34.5 Å². The average molecular weight is 1040 g/mol. The summed E-state index contributed by atoms with van der Waals surface area (Å²) >= 11 is 14.9. The van der Waals surface area contributed by atoms with Crippen LogP contribution in [0.2, 0.25) is 10.0 Å². The summed E-state index contributed by atoms with van der Waals surface area (Å²) in [7, 11) is 5.86. The third kappa shape index (κ3) is 11.6. The Hall–Kier alpha value is -5.58. The van der Waals surface area contributed by atoms with Gasteiger partial charge >= 0.3 is 5.69 Å². The van der Waals surface area contributed by atoms with E-state index in [4.69, 9.17) is 42.6 Å². The Morgan fingerprint density at radius 2 is 1.58 bits per heavy atom. The highest BCUT2D eigenvalue weighted by atomic mass is 35.5. The van der Waals surface area contributed by atoms with E-state index in [-0.39, 0.29) is 29.7 Å². The van der Waals surface area contributed by atoms with Crippen molar-refractivity contribution in [2.75, 3.05) is 65.9 Å². The molecule has 14 nitrogen and oxygen atoms in total. The van der Waals surface area contributed by atoms with E-state index in [1.54, 1.807) is 36.6 Å². The monoisotopic (exact) mass is 1030 g/mol. The molecule has 3 aliphatic rings. The van der Waals surface area contributed by atoms with E-state index in [1.165, 1.54) is 27.3 Å². The Kier molecular flexibility index (Phi) is 16.2. The van der Waals surface area contributed by atoms with Crippen molar-refractivity contribution in [1.82, 2.24) is 34.2 Å². The molecule has 6 aromatic rings. The first-order valence-corrected chi connectivity index (χ1v) is 26.8. The number of carbonyl (C=O) groups excluding carboxylic acids is 2. The smallest absolute Gasteiger partial charge is 0.332 e. The molecule has 2 saturated heterocycles. The number of aromatic amines is 1. The fourth-order valence-electron chi connectivity index (χ4n) is 10.8. The van der Waals surface area contributed by atoms with Crippen LogP contribution in [0.5, 0.6) is 5.75 Å². The van der Waals surface area contributed by atoms with Crippen molar-refractivity contribution in [1.29, 1.82) is 0 Å². The maximum atomic E-state index is 13.9. The number of anilines is 1. The summed E-state index contributed by atoms with van der Waals surface area (Å²) in [6, 6.07) is 18.7. The van der Waals surface area contributed by atoms with Crippen LogP contribution in [0.4, 0.5) is 5.82 Å². The highest BCUT2D eigenvalue weighted by Gasteiger charge is 2.34. The maximum absolute atomic E-state index is 13.9. The van der Waals surface area contributed by atoms with Gasteiger partial charge in [0.15, 0.2) is 0 Å². The second-order valence-corrected chi connectivity index (χ2v) is 21.8. The average Bonchev–Trinajstić information content (AvgIpc) is 3.86. The van der Waals surface area contributed by atoms with Gasteiger partial charge in [0, 0.05) is 96.6 Å². The number of methoxy groups -OCH3 is 1. The Morgan fingerprint density at radius 3 is 2.26 bits per heavy atom. The number of fused-ring (bicyclic) bond motifs is 1. The minimum absolute atomic E-state index is 0.0183. The maximum Gasteiger partial charge on any atom is 0.332 e. The molecule has 1 saturated carbocycles. The Balaban J connectivity index is 0.740. The van der Waals surface area contributed by atoms with Gasteiger partial charge in [-0.05, 0) is 156 Å². The van der Waals surface area contributed by atoms with Crippen LogP contribution in [0, 0.1) is 24.7 Å². The molecule has 1 aliphatic carbocycles. The van der Waals surface area contributed by atoms with Crippen LogP contribution in [0.15, 0.2) is 81.8 Å². The number of carbonyl (C=O) groups is 2. The summed E-state index contributed by atoms with van der Waals surface area (Å²) in [5.41, 5.74) is 4.98. The number of benzene rings is 3. The van der Waals surface area contributed by atoms with Crippen LogP contribution in [-0.4, -0.2) is 107 Å². The number of hydrogen-bond acceptors (Lipinski definition) is 11. The van der Waals surface area contributed by atoms with E-state index in [9.17, 15) is 19.2 Å². The van der Waals surface area contributed by atoms with E-state index in [0.717, 1.165) is 115 Å². The quantitative estimate of drug-likeness (QED) is 0.102. The first kappa shape index (κ1) is 51.3. The normalized spacial score (nSPS) is 18.4. The number of thiophene rings is 1. The van der Waals surface area contributed by atoms with Gasteiger partial charge in [0.2, 0.25) is 5.91 Å². The predicted molar refractivity (Wildman–Crippen MR) is 286 cm³/mol. The van der Waals surface area contributed by atoms with Crippen LogP contribution in [0.3, 0.4) is 0 Å². The first-order valence-electron chi connectivity index (χ1n) is 25.1. The van der Waals surface area contributed by atoms with Crippen molar-refractivity contribution >= 4 is 63.1 Å². The second-order valence-electron chi connectivity index (χ2n) is 20.1. The van der Waals surface area contributed by atoms with Crippen molar-refractivity contribution < 1.29 is 19.1 Å². The van der Waals surface area contributed by atoms with Crippen LogP contribution in [-0.2, 0) is 16.1 Å².